The Kier molecular flexibility index (Phi) is 4.41. The minimum Gasteiger partial charge on any atom is -0.381 e. The summed E-state index contributed by atoms with van der Waals surface area (Å²) >= 11 is 0. The molecule has 2 aliphatic heterocycles. The Balaban J connectivity index is 2.03. The molecule has 17 heavy (non-hydrogen) atoms. The summed E-state index contributed by atoms with van der Waals surface area (Å²) in [5, 5.41) is -0.243. The van der Waals surface area contributed by atoms with Crippen molar-refractivity contribution < 1.29 is 13.2 Å². The average molecular weight is 262 g/mol. The van der Waals surface area contributed by atoms with Gasteiger partial charge in [0, 0.05) is 26.3 Å². The second-order valence-electron chi connectivity index (χ2n) is 4.96. The van der Waals surface area contributed by atoms with Crippen molar-refractivity contribution in [3.63, 3.8) is 0 Å². The Morgan fingerprint density at radius 1 is 1.24 bits per heavy atom. The molecular weight excluding hydrogens is 240 g/mol. The van der Waals surface area contributed by atoms with E-state index in [2.05, 4.69) is 0 Å². The molecule has 6 heteroatoms. The predicted molar refractivity (Wildman–Crippen MR) is 66.1 cm³/mol. The number of nitrogens with two attached hydrogens (primary N) is 1. The molecule has 2 heterocycles. The molecule has 2 fully saturated rings. The molecule has 2 N–H and O–H groups in total. The minimum absolute atomic E-state index is 0.243. The highest BCUT2D eigenvalue weighted by molar-refractivity contribution is 7.89. The lowest BCUT2D eigenvalue weighted by Gasteiger charge is -2.35. The van der Waals surface area contributed by atoms with Gasteiger partial charge < -0.3 is 10.5 Å². The third kappa shape index (κ3) is 2.99. The highest BCUT2D eigenvalue weighted by Crippen LogP contribution is 2.24. The van der Waals surface area contributed by atoms with E-state index >= 15 is 0 Å². The van der Waals surface area contributed by atoms with Crippen LogP contribution in [0.15, 0.2) is 0 Å². The zero-order valence-corrected chi connectivity index (χ0v) is 11.0. The molecule has 5 nitrogen and oxygen atoms in total. The Morgan fingerprint density at radius 3 is 2.59 bits per heavy atom. The van der Waals surface area contributed by atoms with E-state index < -0.39 is 10.0 Å². The first-order valence-electron chi connectivity index (χ1n) is 6.41. The fraction of sp³-hybridized carbons (Fsp3) is 1.00. The quantitative estimate of drug-likeness (QED) is 0.786. The summed E-state index contributed by atoms with van der Waals surface area (Å²) in [6.45, 7) is 2.99. The standard InChI is InChI=1S/C11H22N2O3S/c12-8-10-2-1-5-13(9-10)17(14,15)11-3-6-16-7-4-11/h10-11H,1-9,12H2. The van der Waals surface area contributed by atoms with E-state index in [9.17, 15) is 8.42 Å². The van der Waals surface area contributed by atoms with Crippen LogP contribution in [-0.4, -0.2) is 50.8 Å². The van der Waals surface area contributed by atoms with Gasteiger partial charge in [-0.05, 0) is 38.1 Å². The van der Waals surface area contributed by atoms with Crippen LogP contribution in [0.3, 0.4) is 0 Å². The number of sulfonamides is 1. The number of nitrogens with zero attached hydrogens (tertiary/aromatic N) is 1. The van der Waals surface area contributed by atoms with Crippen molar-refractivity contribution in [1.29, 1.82) is 0 Å². The smallest absolute Gasteiger partial charge is 0.217 e. The molecule has 0 saturated carbocycles. The monoisotopic (exact) mass is 262 g/mol. The maximum absolute atomic E-state index is 12.4. The van der Waals surface area contributed by atoms with E-state index in [4.69, 9.17) is 10.5 Å². The van der Waals surface area contributed by atoms with Crippen molar-refractivity contribution in [1.82, 2.24) is 4.31 Å². The molecule has 2 saturated heterocycles. The fourth-order valence-corrected chi connectivity index (χ4v) is 4.65. The molecule has 0 aromatic carbocycles. The third-order valence-corrected chi connectivity index (χ3v) is 6.13. The van der Waals surface area contributed by atoms with Gasteiger partial charge in [-0.2, -0.15) is 0 Å². The Labute approximate surface area is 103 Å². The first kappa shape index (κ1) is 13.3. The number of rotatable bonds is 3. The van der Waals surface area contributed by atoms with Crippen molar-refractivity contribution in [3.8, 4) is 0 Å². The highest BCUT2D eigenvalue weighted by Gasteiger charge is 2.35. The molecule has 2 aliphatic rings. The van der Waals surface area contributed by atoms with Crippen molar-refractivity contribution in [3.05, 3.63) is 0 Å². The van der Waals surface area contributed by atoms with Crippen LogP contribution in [0, 0.1) is 5.92 Å². The molecule has 0 aliphatic carbocycles. The second kappa shape index (κ2) is 5.65. The second-order valence-corrected chi connectivity index (χ2v) is 7.17. The molecule has 0 amide bonds. The third-order valence-electron chi connectivity index (χ3n) is 3.76. The maximum atomic E-state index is 12.4. The molecule has 100 valence electrons. The molecule has 0 bridgehead atoms. The minimum atomic E-state index is -3.13. The number of hydrogen-bond donors (Lipinski definition) is 1. The summed E-state index contributed by atoms with van der Waals surface area (Å²) < 4.78 is 31.7. The molecule has 1 atom stereocenters. The number of ether oxygens (including phenoxy) is 1. The zero-order valence-electron chi connectivity index (χ0n) is 10.2. The van der Waals surface area contributed by atoms with E-state index in [1.165, 1.54) is 0 Å². The molecular formula is C11H22N2O3S. The molecule has 1 unspecified atom stereocenters. The van der Waals surface area contributed by atoms with Crippen LogP contribution in [0.5, 0.6) is 0 Å². The summed E-state index contributed by atoms with van der Waals surface area (Å²) in [6.07, 6.45) is 3.25. The average Bonchev–Trinajstić information content (AvgIpc) is 2.40. The first-order valence-corrected chi connectivity index (χ1v) is 7.91. The molecule has 0 radical (unpaired) electrons. The van der Waals surface area contributed by atoms with Gasteiger partial charge in [-0.25, -0.2) is 12.7 Å². The topological polar surface area (TPSA) is 72.6 Å². The van der Waals surface area contributed by atoms with Crippen molar-refractivity contribution >= 4 is 10.0 Å². The highest BCUT2D eigenvalue weighted by atomic mass is 32.2. The van der Waals surface area contributed by atoms with Crippen LogP contribution in [0.2, 0.25) is 0 Å². The summed E-state index contributed by atoms with van der Waals surface area (Å²) in [5.74, 6) is 0.332. The molecule has 0 aromatic heterocycles. The molecule has 0 aromatic rings. The normalized spacial score (nSPS) is 29.4. The predicted octanol–water partition coefficient (Wildman–Crippen LogP) is 0.166. The fourth-order valence-electron chi connectivity index (χ4n) is 2.64. The van der Waals surface area contributed by atoms with Crippen LogP contribution in [0.25, 0.3) is 0 Å². The largest absolute Gasteiger partial charge is 0.381 e. The van der Waals surface area contributed by atoms with E-state index in [1.807, 2.05) is 0 Å². The zero-order chi connectivity index (χ0) is 12.3. The van der Waals surface area contributed by atoms with Crippen LogP contribution in [0.4, 0.5) is 0 Å². The van der Waals surface area contributed by atoms with Gasteiger partial charge in [0.15, 0.2) is 0 Å². The van der Waals surface area contributed by atoms with Crippen LogP contribution >= 0.6 is 0 Å². The van der Waals surface area contributed by atoms with Crippen molar-refractivity contribution in [2.45, 2.75) is 30.9 Å². The van der Waals surface area contributed by atoms with E-state index in [0.717, 1.165) is 12.8 Å². The first-order chi connectivity index (χ1) is 8.14. The van der Waals surface area contributed by atoms with E-state index in [-0.39, 0.29) is 5.25 Å². The summed E-state index contributed by atoms with van der Waals surface area (Å²) in [5.41, 5.74) is 5.65. The van der Waals surface area contributed by atoms with Gasteiger partial charge in [-0.15, -0.1) is 0 Å². The van der Waals surface area contributed by atoms with Crippen molar-refractivity contribution in [2.75, 3.05) is 32.8 Å². The maximum Gasteiger partial charge on any atom is 0.217 e. The van der Waals surface area contributed by atoms with Gasteiger partial charge in [0.25, 0.3) is 0 Å². The lowest BCUT2D eigenvalue weighted by Crippen LogP contribution is -2.47. The van der Waals surface area contributed by atoms with Crippen LogP contribution in [-0.2, 0) is 14.8 Å². The Morgan fingerprint density at radius 2 is 1.94 bits per heavy atom. The Hall–Kier alpha value is -0.170. The van der Waals surface area contributed by atoms with Gasteiger partial charge >= 0.3 is 0 Å². The lowest BCUT2D eigenvalue weighted by atomic mass is 10.0. The molecule has 0 spiro atoms. The molecule has 2 rings (SSSR count). The van der Waals surface area contributed by atoms with Gasteiger partial charge in [-0.3, -0.25) is 0 Å². The summed E-state index contributed by atoms with van der Waals surface area (Å²) in [6, 6.07) is 0. The lowest BCUT2D eigenvalue weighted by molar-refractivity contribution is 0.0967. The van der Waals surface area contributed by atoms with E-state index in [1.54, 1.807) is 4.31 Å². The van der Waals surface area contributed by atoms with Gasteiger partial charge in [-0.1, -0.05) is 0 Å². The summed E-state index contributed by atoms with van der Waals surface area (Å²) in [7, 11) is -3.13. The van der Waals surface area contributed by atoms with E-state index in [0.29, 0.717) is 51.6 Å². The SMILES string of the molecule is NCC1CCCN(S(=O)(=O)C2CCOCC2)C1. The van der Waals surface area contributed by atoms with Crippen molar-refractivity contribution in [2.24, 2.45) is 11.7 Å². The van der Waals surface area contributed by atoms with Gasteiger partial charge in [0.1, 0.15) is 0 Å². The Bertz CT molecular complexity index is 339. The number of piperidine rings is 1. The van der Waals surface area contributed by atoms with Gasteiger partial charge in [0.05, 0.1) is 5.25 Å². The van der Waals surface area contributed by atoms with Gasteiger partial charge in [0.2, 0.25) is 10.0 Å². The summed E-state index contributed by atoms with van der Waals surface area (Å²) in [4.78, 5) is 0. The van der Waals surface area contributed by atoms with Crippen LogP contribution < -0.4 is 5.73 Å². The van der Waals surface area contributed by atoms with Crippen LogP contribution in [0.1, 0.15) is 25.7 Å². The number of hydrogen-bond acceptors (Lipinski definition) is 4.